The average molecular weight is 422 g/mol. The van der Waals surface area contributed by atoms with Gasteiger partial charge in [-0.1, -0.05) is 30.3 Å². The molecule has 0 bridgehead atoms. The van der Waals surface area contributed by atoms with Crippen molar-refractivity contribution in [2.45, 2.75) is 37.7 Å². The second-order valence-electron chi connectivity index (χ2n) is 7.44. The molecule has 2 rings (SSSR count). The first-order valence-corrected chi connectivity index (χ1v) is 10.8. The number of carbonyl (C=O) groups excluding carboxylic acids is 2. The molecule has 8 nitrogen and oxygen atoms in total. The Morgan fingerprint density at radius 1 is 0.931 bits per heavy atom. The van der Waals surface area contributed by atoms with E-state index < -0.39 is 21.7 Å². The number of amides is 2. The van der Waals surface area contributed by atoms with E-state index in [0.29, 0.717) is 0 Å². The number of benzene rings is 2. The van der Waals surface area contributed by atoms with E-state index in [0.717, 1.165) is 10.8 Å². The minimum Gasteiger partial charge on any atom is -0.444 e. The summed E-state index contributed by atoms with van der Waals surface area (Å²) >= 11 is 0. The number of carbonyl (C=O) groups is 2. The van der Waals surface area contributed by atoms with Crippen LogP contribution in [0, 0.1) is 0 Å². The van der Waals surface area contributed by atoms with Gasteiger partial charge in [-0.2, -0.15) is 0 Å². The number of hydrogen-bond acceptors (Lipinski definition) is 5. The van der Waals surface area contributed by atoms with E-state index in [2.05, 4.69) is 15.4 Å². The van der Waals surface area contributed by atoms with E-state index >= 15 is 0 Å². The van der Waals surface area contributed by atoms with E-state index in [1.807, 2.05) is 24.3 Å². The Labute approximate surface area is 171 Å². The topological polar surface area (TPSA) is 114 Å². The van der Waals surface area contributed by atoms with Crippen molar-refractivity contribution in [2.24, 2.45) is 0 Å². The Hall–Kier alpha value is -2.65. The lowest BCUT2D eigenvalue weighted by atomic mass is 10.1. The first-order chi connectivity index (χ1) is 13.6. The lowest BCUT2D eigenvalue weighted by Gasteiger charge is -2.19. The highest BCUT2D eigenvalue weighted by Gasteiger charge is 2.16. The lowest BCUT2D eigenvalue weighted by molar-refractivity contribution is -0.120. The molecular formula is C20H27N3O5S. The Morgan fingerprint density at radius 3 is 2.28 bits per heavy atom. The Morgan fingerprint density at radius 2 is 1.59 bits per heavy atom. The van der Waals surface area contributed by atoms with Crippen LogP contribution in [0.25, 0.3) is 10.8 Å². The van der Waals surface area contributed by atoms with Gasteiger partial charge in [-0.05, 0) is 43.7 Å². The van der Waals surface area contributed by atoms with Crippen molar-refractivity contribution in [1.82, 2.24) is 15.4 Å². The number of alkyl carbamates (subject to hydrolysis) is 1. The van der Waals surface area contributed by atoms with E-state index in [1.54, 1.807) is 32.9 Å². The molecule has 0 unspecified atom stereocenters. The number of rotatable bonds is 8. The standard InChI is InChI=1S/C20H27N3O5S/c1-20(2,3)28-19(25)22-13-12-21-18(24)10-11-23-29(26,27)17-9-8-15-6-4-5-7-16(15)14-17/h4-9,14,23H,10-13H2,1-3H3,(H,21,24)(H,22,25). The first kappa shape index (κ1) is 22.6. The van der Waals surface area contributed by atoms with Gasteiger partial charge in [-0.3, -0.25) is 4.79 Å². The molecule has 0 saturated carbocycles. The first-order valence-electron chi connectivity index (χ1n) is 9.29. The molecular weight excluding hydrogens is 394 g/mol. The number of sulfonamides is 1. The number of ether oxygens (including phenoxy) is 1. The Balaban J connectivity index is 1.72. The fourth-order valence-corrected chi connectivity index (χ4v) is 3.55. The number of hydrogen-bond donors (Lipinski definition) is 3. The molecule has 0 fully saturated rings. The molecule has 3 N–H and O–H groups in total. The molecule has 0 aliphatic heterocycles. The van der Waals surface area contributed by atoms with Crippen LogP contribution < -0.4 is 15.4 Å². The van der Waals surface area contributed by atoms with Gasteiger partial charge in [0.05, 0.1) is 4.90 Å². The normalized spacial score (nSPS) is 11.8. The quantitative estimate of drug-likeness (QED) is 0.565. The monoisotopic (exact) mass is 421 g/mol. The predicted molar refractivity (Wildman–Crippen MR) is 111 cm³/mol. The van der Waals surface area contributed by atoms with Crippen molar-refractivity contribution >= 4 is 32.8 Å². The Kier molecular flexibility index (Phi) is 7.58. The van der Waals surface area contributed by atoms with Gasteiger partial charge < -0.3 is 15.4 Å². The molecule has 0 aliphatic rings. The van der Waals surface area contributed by atoms with E-state index in [-0.39, 0.29) is 36.9 Å². The third kappa shape index (κ3) is 7.71. The van der Waals surface area contributed by atoms with Gasteiger partial charge in [0.1, 0.15) is 5.60 Å². The SMILES string of the molecule is CC(C)(C)OC(=O)NCCNC(=O)CCNS(=O)(=O)c1ccc2ccccc2c1. The van der Waals surface area contributed by atoms with Crippen LogP contribution in [-0.4, -0.2) is 45.7 Å². The van der Waals surface area contributed by atoms with E-state index in [9.17, 15) is 18.0 Å². The largest absolute Gasteiger partial charge is 0.444 e. The fraction of sp³-hybridized carbons (Fsp3) is 0.400. The fourth-order valence-electron chi connectivity index (χ4n) is 2.49. The molecule has 2 aromatic carbocycles. The predicted octanol–water partition coefficient (Wildman–Crippen LogP) is 2.15. The van der Waals surface area contributed by atoms with Crippen molar-refractivity contribution in [3.63, 3.8) is 0 Å². The molecule has 0 aromatic heterocycles. The van der Waals surface area contributed by atoms with Gasteiger partial charge in [0.25, 0.3) is 0 Å². The molecule has 0 radical (unpaired) electrons. The van der Waals surface area contributed by atoms with Crippen LogP contribution in [-0.2, 0) is 19.6 Å². The van der Waals surface area contributed by atoms with Crippen LogP contribution in [0.2, 0.25) is 0 Å². The molecule has 0 atom stereocenters. The van der Waals surface area contributed by atoms with Crippen molar-refractivity contribution < 1.29 is 22.7 Å². The van der Waals surface area contributed by atoms with Crippen LogP contribution in [0.4, 0.5) is 4.79 Å². The van der Waals surface area contributed by atoms with Crippen LogP contribution in [0.5, 0.6) is 0 Å². The summed E-state index contributed by atoms with van der Waals surface area (Å²) in [6.07, 6.45) is -0.575. The van der Waals surface area contributed by atoms with Gasteiger partial charge in [-0.15, -0.1) is 0 Å². The molecule has 0 saturated heterocycles. The average Bonchev–Trinajstić information content (AvgIpc) is 2.63. The van der Waals surface area contributed by atoms with Gasteiger partial charge >= 0.3 is 6.09 Å². The lowest BCUT2D eigenvalue weighted by Crippen LogP contribution is -2.38. The molecule has 0 spiro atoms. The third-order valence-electron chi connectivity index (χ3n) is 3.79. The summed E-state index contributed by atoms with van der Waals surface area (Å²) in [6, 6.07) is 12.3. The van der Waals surface area contributed by atoms with Gasteiger partial charge in [0.2, 0.25) is 15.9 Å². The van der Waals surface area contributed by atoms with Gasteiger partial charge in [-0.25, -0.2) is 17.9 Å². The van der Waals surface area contributed by atoms with Crippen LogP contribution in [0.15, 0.2) is 47.4 Å². The summed E-state index contributed by atoms with van der Waals surface area (Å²) in [5, 5.41) is 6.91. The summed E-state index contributed by atoms with van der Waals surface area (Å²) < 4.78 is 32.3. The number of nitrogens with one attached hydrogen (secondary N) is 3. The molecule has 0 aliphatic carbocycles. The highest BCUT2D eigenvalue weighted by molar-refractivity contribution is 7.89. The highest BCUT2D eigenvalue weighted by atomic mass is 32.2. The molecule has 9 heteroatoms. The zero-order valence-electron chi connectivity index (χ0n) is 16.8. The molecule has 29 heavy (non-hydrogen) atoms. The van der Waals surface area contributed by atoms with Gasteiger partial charge in [0.15, 0.2) is 0 Å². The minimum absolute atomic E-state index is 0.0146. The zero-order valence-corrected chi connectivity index (χ0v) is 17.6. The maximum atomic E-state index is 12.4. The maximum Gasteiger partial charge on any atom is 0.407 e. The van der Waals surface area contributed by atoms with Crippen molar-refractivity contribution in [3.8, 4) is 0 Å². The maximum absolute atomic E-state index is 12.4. The Bertz CT molecular complexity index is 967. The molecule has 158 valence electrons. The van der Waals surface area contributed by atoms with Crippen molar-refractivity contribution in [2.75, 3.05) is 19.6 Å². The molecule has 2 amide bonds. The minimum atomic E-state index is -3.70. The summed E-state index contributed by atoms with van der Waals surface area (Å²) in [5.74, 6) is -0.322. The van der Waals surface area contributed by atoms with E-state index in [1.165, 1.54) is 6.07 Å². The summed E-state index contributed by atoms with van der Waals surface area (Å²) in [7, 11) is -3.70. The van der Waals surface area contributed by atoms with Gasteiger partial charge in [0, 0.05) is 26.1 Å². The third-order valence-corrected chi connectivity index (χ3v) is 5.25. The number of fused-ring (bicyclic) bond motifs is 1. The second-order valence-corrected chi connectivity index (χ2v) is 9.20. The van der Waals surface area contributed by atoms with Crippen molar-refractivity contribution in [1.29, 1.82) is 0 Å². The highest BCUT2D eigenvalue weighted by Crippen LogP contribution is 2.18. The smallest absolute Gasteiger partial charge is 0.407 e. The van der Waals surface area contributed by atoms with E-state index in [4.69, 9.17) is 4.74 Å². The molecule has 2 aromatic rings. The van der Waals surface area contributed by atoms with Crippen LogP contribution >= 0.6 is 0 Å². The van der Waals surface area contributed by atoms with Crippen LogP contribution in [0.1, 0.15) is 27.2 Å². The summed E-state index contributed by atoms with van der Waals surface area (Å²) in [6.45, 7) is 5.67. The summed E-state index contributed by atoms with van der Waals surface area (Å²) in [4.78, 5) is 23.5. The molecule has 0 heterocycles. The second kappa shape index (κ2) is 9.71. The van der Waals surface area contributed by atoms with Crippen LogP contribution in [0.3, 0.4) is 0 Å². The van der Waals surface area contributed by atoms with Crippen molar-refractivity contribution in [3.05, 3.63) is 42.5 Å². The summed E-state index contributed by atoms with van der Waals surface area (Å²) in [5.41, 5.74) is -0.588. The zero-order chi connectivity index (χ0) is 21.5.